The minimum atomic E-state index is -1.51. The molecule has 8 nitrogen and oxygen atoms in total. The van der Waals surface area contributed by atoms with Gasteiger partial charge >= 0.3 is 5.97 Å². The Bertz CT molecular complexity index is 1220. The van der Waals surface area contributed by atoms with Crippen LogP contribution in [0, 0.1) is 11.6 Å². The second kappa shape index (κ2) is 7.38. The number of pyridine rings is 2. The number of benzene rings is 1. The Morgan fingerprint density at radius 1 is 1.13 bits per heavy atom. The number of piperazine rings is 1. The fourth-order valence-corrected chi connectivity index (χ4v) is 3.49. The van der Waals surface area contributed by atoms with Crippen molar-refractivity contribution >= 4 is 22.8 Å². The number of carbonyl (C=O) groups is 1. The van der Waals surface area contributed by atoms with E-state index in [0.717, 1.165) is 29.0 Å². The lowest BCUT2D eigenvalue weighted by molar-refractivity contribution is 0.0695. The second-order valence-electron chi connectivity index (χ2n) is 7.14. The smallest absolute Gasteiger partial charge is 0.341 e. The first-order valence-corrected chi connectivity index (χ1v) is 9.18. The van der Waals surface area contributed by atoms with Gasteiger partial charge in [0.15, 0.2) is 17.3 Å². The van der Waals surface area contributed by atoms with Crippen LogP contribution in [0.1, 0.15) is 10.4 Å². The normalized spacial score (nSPS) is 15.0. The Balaban J connectivity index is 2.01. The van der Waals surface area contributed by atoms with Crippen LogP contribution in [-0.2, 0) is 0 Å². The number of halogens is 2. The van der Waals surface area contributed by atoms with E-state index in [1.165, 1.54) is 6.07 Å². The number of fused-ring (bicyclic) bond motifs is 1. The number of aromatic nitrogens is 2. The highest BCUT2D eigenvalue weighted by atomic mass is 19.1. The van der Waals surface area contributed by atoms with Gasteiger partial charge in [0.25, 0.3) is 0 Å². The Morgan fingerprint density at radius 3 is 2.47 bits per heavy atom. The highest BCUT2D eigenvalue weighted by molar-refractivity contribution is 5.92. The standard InChI is InChI=1S/C20H18F2N4O4/c1-24-4-6-25(7-5-24)19-14(22)9-12-17(28)13(20(29)30)10-26(18(12)23-19)15-3-2-11(21)8-16(15)27/h2-3,8-10,27H,4-7H2,1H3,(H,29,30). The summed E-state index contributed by atoms with van der Waals surface area (Å²) in [6.45, 7) is 2.43. The van der Waals surface area contributed by atoms with Crippen LogP contribution in [-0.4, -0.2) is 63.9 Å². The van der Waals surface area contributed by atoms with E-state index in [9.17, 15) is 28.6 Å². The molecule has 0 bridgehead atoms. The van der Waals surface area contributed by atoms with Crippen molar-refractivity contribution in [1.82, 2.24) is 14.5 Å². The maximum Gasteiger partial charge on any atom is 0.341 e. The summed E-state index contributed by atoms with van der Waals surface area (Å²) in [5.41, 5.74) is -1.55. The molecule has 1 aliphatic rings. The van der Waals surface area contributed by atoms with Gasteiger partial charge in [0.2, 0.25) is 5.43 Å². The molecule has 0 aliphatic carbocycles. The number of carboxylic acid groups (broad SMARTS) is 1. The highest BCUT2D eigenvalue weighted by Crippen LogP contribution is 2.28. The lowest BCUT2D eigenvalue weighted by Gasteiger charge is -2.33. The van der Waals surface area contributed by atoms with Gasteiger partial charge in [-0.25, -0.2) is 18.6 Å². The minimum absolute atomic E-state index is 0.00679. The van der Waals surface area contributed by atoms with Gasteiger partial charge in [0.05, 0.1) is 11.1 Å². The first kappa shape index (κ1) is 19.8. The Labute approximate surface area is 169 Å². The number of aromatic hydroxyl groups is 1. The van der Waals surface area contributed by atoms with Gasteiger partial charge in [0, 0.05) is 38.4 Å². The number of phenolic OH excluding ortho intramolecular Hbond substituents is 1. The Morgan fingerprint density at radius 2 is 1.83 bits per heavy atom. The van der Waals surface area contributed by atoms with E-state index in [2.05, 4.69) is 9.88 Å². The van der Waals surface area contributed by atoms with Gasteiger partial charge < -0.3 is 20.0 Å². The second-order valence-corrected chi connectivity index (χ2v) is 7.14. The molecule has 2 aromatic heterocycles. The summed E-state index contributed by atoms with van der Waals surface area (Å²) in [4.78, 5) is 32.3. The van der Waals surface area contributed by atoms with Crippen molar-refractivity contribution in [1.29, 1.82) is 0 Å². The molecule has 1 aliphatic heterocycles. The van der Waals surface area contributed by atoms with E-state index in [1.54, 1.807) is 4.90 Å². The van der Waals surface area contributed by atoms with Crippen molar-refractivity contribution in [3.05, 3.63) is 57.9 Å². The molecule has 0 saturated carbocycles. The largest absolute Gasteiger partial charge is 0.506 e. The first-order chi connectivity index (χ1) is 14.3. The topological polar surface area (TPSA) is 98.9 Å². The molecule has 3 heterocycles. The van der Waals surface area contributed by atoms with Crippen LogP contribution in [0.3, 0.4) is 0 Å². The Hall–Kier alpha value is -3.53. The fraction of sp³-hybridized carbons (Fsp3) is 0.250. The van der Waals surface area contributed by atoms with Crippen molar-refractivity contribution in [2.75, 3.05) is 38.1 Å². The van der Waals surface area contributed by atoms with Crippen molar-refractivity contribution in [2.24, 2.45) is 0 Å². The predicted octanol–water partition coefficient (Wildman–Crippen LogP) is 1.82. The summed E-state index contributed by atoms with van der Waals surface area (Å²) in [7, 11) is 1.95. The molecule has 1 aromatic carbocycles. The maximum atomic E-state index is 14.9. The monoisotopic (exact) mass is 416 g/mol. The molecule has 1 saturated heterocycles. The first-order valence-electron chi connectivity index (χ1n) is 9.18. The number of nitrogens with zero attached hydrogens (tertiary/aromatic N) is 4. The van der Waals surface area contributed by atoms with E-state index in [-0.39, 0.29) is 22.5 Å². The third-order valence-corrected chi connectivity index (χ3v) is 5.14. The highest BCUT2D eigenvalue weighted by Gasteiger charge is 2.24. The average molecular weight is 416 g/mol. The molecular formula is C20H18F2N4O4. The molecule has 0 spiro atoms. The third-order valence-electron chi connectivity index (χ3n) is 5.14. The average Bonchev–Trinajstić information content (AvgIpc) is 2.69. The van der Waals surface area contributed by atoms with Gasteiger partial charge in [-0.05, 0) is 25.2 Å². The van der Waals surface area contributed by atoms with Gasteiger partial charge in [-0.15, -0.1) is 0 Å². The molecule has 156 valence electrons. The number of aromatic carboxylic acids is 1. The van der Waals surface area contributed by atoms with E-state index < -0.39 is 34.3 Å². The number of likely N-dealkylation sites (N-methyl/N-ethyl adjacent to an activating group) is 1. The molecular weight excluding hydrogens is 398 g/mol. The predicted molar refractivity (Wildman–Crippen MR) is 106 cm³/mol. The molecule has 10 heteroatoms. The van der Waals surface area contributed by atoms with Gasteiger partial charge in [-0.3, -0.25) is 9.36 Å². The quantitative estimate of drug-likeness (QED) is 0.672. The van der Waals surface area contributed by atoms with E-state index in [0.29, 0.717) is 26.2 Å². The van der Waals surface area contributed by atoms with Crippen LogP contribution >= 0.6 is 0 Å². The maximum absolute atomic E-state index is 14.9. The molecule has 30 heavy (non-hydrogen) atoms. The SMILES string of the molecule is CN1CCN(c2nc3c(cc2F)c(=O)c(C(=O)O)cn3-c2ccc(F)cc2O)CC1. The van der Waals surface area contributed by atoms with E-state index >= 15 is 0 Å². The number of rotatable bonds is 3. The van der Waals surface area contributed by atoms with Gasteiger partial charge in [-0.1, -0.05) is 0 Å². The number of hydrogen-bond donors (Lipinski definition) is 2. The zero-order valence-corrected chi connectivity index (χ0v) is 16.0. The van der Waals surface area contributed by atoms with Gasteiger partial charge in [-0.2, -0.15) is 0 Å². The van der Waals surface area contributed by atoms with E-state index in [4.69, 9.17) is 0 Å². The van der Waals surface area contributed by atoms with Crippen molar-refractivity contribution in [2.45, 2.75) is 0 Å². The zero-order valence-electron chi connectivity index (χ0n) is 16.0. The zero-order chi connectivity index (χ0) is 21.6. The molecule has 4 rings (SSSR count). The summed E-state index contributed by atoms with van der Waals surface area (Å²) < 4.78 is 29.5. The van der Waals surface area contributed by atoms with Crippen LogP contribution in [0.4, 0.5) is 14.6 Å². The summed E-state index contributed by atoms with van der Waals surface area (Å²) in [5.74, 6) is -3.42. The molecule has 0 unspecified atom stereocenters. The van der Waals surface area contributed by atoms with Crippen LogP contribution in [0.15, 0.2) is 35.3 Å². The number of phenols is 1. The third kappa shape index (κ3) is 3.35. The summed E-state index contributed by atoms with van der Waals surface area (Å²) in [6, 6.07) is 4.11. The lowest BCUT2D eigenvalue weighted by Crippen LogP contribution is -2.45. The molecule has 0 radical (unpaired) electrons. The van der Waals surface area contributed by atoms with Crippen molar-refractivity contribution in [3.8, 4) is 11.4 Å². The van der Waals surface area contributed by atoms with Crippen LogP contribution in [0.2, 0.25) is 0 Å². The summed E-state index contributed by atoms with van der Waals surface area (Å²) in [6.07, 6.45) is 0.999. The summed E-state index contributed by atoms with van der Waals surface area (Å²) >= 11 is 0. The van der Waals surface area contributed by atoms with Crippen LogP contribution < -0.4 is 10.3 Å². The fourth-order valence-electron chi connectivity index (χ4n) is 3.49. The van der Waals surface area contributed by atoms with Gasteiger partial charge in [0.1, 0.15) is 17.1 Å². The molecule has 1 fully saturated rings. The lowest BCUT2D eigenvalue weighted by atomic mass is 10.1. The molecule has 3 aromatic rings. The Kier molecular flexibility index (Phi) is 4.86. The molecule has 2 N–H and O–H groups in total. The van der Waals surface area contributed by atoms with Crippen molar-refractivity contribution in [3.63, 3.8) is 0 Å². The number of anilines is 1. The number of hydrogen-bond acceptors (Lipinski definition) is 6. The number of carboxylic acids is 1. The van der Waals surface area contributed by atoms with Crippen LogP contribution in [0.25, 0.3) is 16.7 Å². The van der Waals surface area contributed by atoms with Crippen molar-refractivity contribution < 1.29 is 23.8 Å². The molecule has 0 amide bonds. The van der Waals surface area contributed by atoms with Crippen LogP contribution in [0.5, 0.6) is 5.75 Å². The molecule has 0 atom stereocenters. The minimum Gasteiger partial charge on any atom is -0.506 e. The van der Waals surface area contributed by atoms with E-state index in [1.807, 2.05) is 7.05 Å². The summed E-state index contributed by atoms with van der Waals surface area (Å²) in [5, 5.41) is 19.3.